The summed E-state index contributed by atoms with van der Waals surface area (Å²) in [5.41, 5.74) is 2.65. The summed E-state index contributed by atoms with van der Waals surface area (Å²) in [7, 11) is 0. The zero-order chi connectivity index (χ0) is 13.5. The summed E-state index contributed by atoms with van der Waals surface area (Å²) in [6, 6.07) is 2.05. The first-order chi connectivity index (χ1) is 9.83. The lowest BCUT2D eigenvalue weighted by Crippen LogP contribution is -2.18. The van der Waals surface area contributed by atoms with Gasteiger partial charge in [-0.05, 0) is 25.3 Å². The molecule has 0 aliphatic heterocycles. The minimum absolute atomic E-state index is 0.0901. The van der Waals surface area contributed by atoms with Gasteiger partial charge in [-0.1, -0.05) is 0 Å². The normalized spacial score (nSPS) is 22.6. The van der Waals surface area contributed by atoms with Crippen LogP contribution in [0.15, 0.2) is 31.0 Å². The molecule has 1 fully saturated rings. The molecule has 2 atom stereocenters. The predicted octanol–water partition coefficient (Wildman–Crippen LogP) is 1.91. The molecule has 3 aromatic heterocycles. The molecule has 0 saturated heterocycles. The lowest BCUT2D eigenvalue weighted by atomic mass is 10.2. The summed E-state index contributed by atoms with van der Waals surface area (Å²) < 4.78 is 1.87. The molecule has 0 spiro atoms. The molecule has 0 amide bonds. The first-order valence-electron chi connectivity index (χ1n) is 6.83. The molecule has 1 saturated carbocycles. The van der Waals surface area contributed by atoms with E-state index in [1.807, 2.05) is 23.1 Å². The van der Waals surface area contributed by atoms with Gasteiger partial charge in [-0.3, -0.25) is 4.68 Å². The summed E-state index contributed by atoms with van der Waals surface area (Å²) in [5.74, 6) is 0. The van der Waals surface area contributed by atoms with Crippen LogP contribution in [0.25, 0.3) is 22.3 Å². The lowest BCUT2D eigenvalue weighted by Gasteiger charge is -2.14. The highest BCUT2D eigenvalue weighted by molar-refractivity contribution is 5.89. The Morgan fingerprint density at radius 1 is 1.30 bits per heavy atom. The zero-order valence-corrected chi connectivity index (χ0v) is 10.9. The number of nitrogens with zero attached hydrogens (tertiary/aromatic N) is 4. The van der Waals surface area contributed by atoms with Gasteiger partial charge in [-0.2, -0.15) is 5.10 Å². The molecule has 4 rings (SSSR count). The Labute approximate surface area is 115 Å². The van der Waals surface area contributed by atoms with Crippen molar-refractivity contribution in [3.8, 4) is 11.3 Å². The molecule has 3 aromatic rings. The quantitative estimate of drug-likeness (QED) is 0.744. The maximum absolute atomic E-state index is 9.97. The van der Waals surface area contributed by atoms with Gasteiger partial charge in [-0.25, -0.2) is 9.97 Å². The second-order valence-electron chi connectivity index (χ2n) is 5.24. The average Bonchev–Trinajstić information content (AvgIpc) is 3.17. The van der Waals surface area contributed by atoms with Crippen molar-refractivity contribution >= 4 is 11.0 Å². The minimum Gasteiger partial charge on any atom is -0.391 e. The van der Waals surface area contributed by atoms with Gasteiger partial charge < -0.3 is 10.1 Å². The van der Waals surface area contributed by atoms with Gasteiger partial charge in [0, 0.05) is 23.3 Å². The van der Waals surface area contributed by atoms with Crippen molar-refractivity contribution in [2.75, 3.05) is 0 Å². The molecule has 0 aromatic carbocycles. The fraction of sp³-hybridized carbons (Fsp3) is 0.357. The number of nitrogens with one attached hydrogen (secondary N) is 1. The van der Waals surface area contributed by atoms with Crippen molar-refractivity contribution < 1.29 is 5.11 Å². The Hall–Kier alpha value is -2.21. The SMILES string of the molecule is OC1CCCC1n1cc(-c2ncnc3[nH]ccc23)cn1. The average molecular weight is 269 g/mol. The third kappa shape index (κ3) is 1.72. The second-order valence-corrected chi connectivity index (χ2v) is 5.24. The van der Waals surface area contributed by atoms with E-state index in [0.29, 0.717) is 0 Å². The van der Waals surface area contributed by atoms with Crippen LogP contribution in [-0.4, -0.2) is 35.9 Å². The number of hydrogen-bond donors (Lipinski definition) is 2. The minimum atomic E-state index is -0.291. The molecule has 1 aliphatic rings. The lowest BCUT2D eigenvalue weighted by molar-refractivity contribution is 0.130. The number of fused-ring (bicyclic) bond motifs is 1. The predicted molar refractivity (Wildman–Crippen MR) is 74.0 cm³/mol. The van der Waals surface area contributed by atoms with Crippen molar-refractivity contribution in [3.63, 3.8) is 0 Å². The summed E-state index contributed by atoms with van der Waals surface area (Å²) >= 11 is 0. The highest BCUT2D eigenvalue weighted by Crippen LogP contribution is 2.31. The van der Waals surface area contributed by atoms with Gasteiger partial charge in [0.1, 0.15) is 12.0 Å². The van der Waals surface area contributed by atoms with Gasteiger partial charge in [0.15, 0.2) is 0 Å². The van der Waals surface area contributed by atoms with E-state index in [-0.39, 0.29) is 12.1 Å². The van der Waals surface area contributed by atoms with E-state index in [9.17, 15) is 5.11 Å². The number of aromatic amines is 1. The van der Waals surface area contributed by atoms with Crippen LogP contribution in [0, 0.1) is 0 Å². The van der Waals surface area contributed by atoms with Crippen LogP contribution in [0.4, 0.5) is 0 Å². The number of H-pyrrole nitrogens is 1. The monoisotopic (exact) mass is 269 g/mol. The van der Waals surface area contributed by atoms with E-state index in [4.69, 9.17) is 0 Å². The Bertz CT molecular complexity index is 747. The van der Waals surface area contributed by atoms with Crippen molar-refractivity contribution in [3.05, 3.63) is 31.0 Å². The Kier molecular flexibility index (Phi) is 2.56. The van der Waals surface area contributed by atoms with Crippen LogP contribution < -0.4 is 0 Å². The van der Waals surface area contributed by atoms with Crippen LogP contribution in [0.2, 0.25) is 0 Å². The van der Waals surface area contributed by atoms with E-state index in [1.165, 1.54) is 0 Å². The maximum Gasteiger partial charge on any atom is 0.141 e. The largest absolute Gasteiger partial charge is 0.391 e. The van der Waals surface area contributed by atoms with E-state index >= 15 is 0 Å². The van der Waals surface area contributed by atoms with Crippen molar-refractivity contribution in [1.82, 2.24) is 24.7 Å². The van der Waals surface area contributed by atoms with Crippen LogP contribution in [-0.2, 0) is 0 Å². The molecule has 102 valence electrons. The molecule has 20 heavy (non-hydrogen) atoms. The highest BCUT2D eigenvalue weighted by Gasteiger charge is 2.27. The van der Waals surface area contributed by atoms with Gasteiger partial charge >= 0.3 is 0 Å². The molecule has 0 radical (unpaired) electrons. The summed E-state index contributed by atoms with van der Waals surface area (Å²) in [5, 5.41) is 15.4. The Morgan fingerprint density at radius 3 is 3.10 bits per heavy atom. The van der Waals surface area contributed by atoms with Crippen molar-refractivity contribution in [2.45, 2.75) is 31.4 Å². The van der Waals surface area contributed by atoms with Crippen molar-refractivity contribution in [1.29, 1.82) is 0 Å². The summed E-state index contributed by atoms with van der Waals surface area (Å²) in [6.45, 7) is 0. The van der Waals surface area contributed by atoms with Gasteiger partial charge in [0.05, 0.1) is 24.0 Å². The van der Waals surface area contributed by atoms with E-state index in [0.717, 1.165) is 41.6 Å². The fourth-order valence-corrected chi connectivity index (χ4v) is 2.97. The first kappa shape index (κ1) is 11.6. The Balaban J connectivity index is 1.76. The third-order valence-electron chi connectivity index (χ3n) is 4.01. The molecule has 0 bridgehead atoms. The standard InChI is InChI=1S/C14H15N5O/c20-12-3-1-2-11(12)19-7-9(6-18-19)13-10-4-5-15-14(10)17-8-16-13/h4-8,11-12,20H,1-3H2,(H,15,16,17). The van der Waals surface area contributed by atoms with Crippen LogP contribution in [0.3, 0.4) is 0 Å². The Morgan fingerprint density at radius 2 is 2.25 bits per heavy atom. The molecule has 3 heterocycles. The van der Waals surface area contributed by atoms with E-state index < -0.39 is 0 Å². The second kappa shape index (κ2) is 4.42. The van der Waals surface area contributed by atoms with Crippen molar-refractivity contribution in [2.24, 2.45) is 0 Å². The number of aromatic nitrogens is 5. The van der Waals surface area contributed by atoms with Crippen LogP contribution in [0.1, 0.15) is 25.3 Å². The number of aliphatic hydroxyl groups is 1. The molecule has 2 unspecified atom stereocenters. The van der Waals surface area contributed by atoms with Crippen LogP contribution in [0.5, 0.6) is 0 Å². The zero-order valence-electron chi connectivity index (χ0n) is 10.9. The third-order valence-corrected chi connectivity index (χ3v) is 4.01. The smallest absolute Gasteiger partial charge is 0.141 e. The molecular formula is C14H15N5O. The van der Waals surface area contributed by atoms with Gasteiger partial charge in [0.25, 0.3) is 0 Å². The molecule has 2 N–H and O–H groups in total. The van der Waals surface area contributed by atoms with Gasteiger partial charge in [-0.15, -0.1) is 0 Å². The van der Waals surface area contributed by atoms with E-state index in [2.05, 4.69) is 20.1 Å². The molecule has 6 nitrogen and oxygen atoms in total. The van der Waals surface area contributed by atoms with Gasteiger partial charge in [0.2, 0.25) is 0 Å². The van der Waals surface area contributed by atoms with E-state index in [1.54, 1.807) is 12.5 Å². The van der Waals surface area contributed by atoms with Crippen LogP contribution >= 0.6 is 0 Å². The summed E-state index contributed by atoms with van der Waals surface area (Å²) in [4.78, 5) is 11.6. The first-order valence-corrected chi connectivity index (χ1v) is 6.83. The summed E-state index contributed by atoms with van der Waals surface area (Å²) in [6.07, 6.45) is 9.77. The topological polar surface area (TPSA) is 79.6 Å². The molecular weight excluding hydrogens is 254 g/mol. The highest BCUT2D eigenvalue weighted by atomic mass is 16.3. The molecule has 6 heteroatoms. The number of hydrogen-bond acceptors (Lipinski definition) is 4. The maximum atomic E-state index is 9.97. The fourth-order valence-electron chi connectivity index (χ4n) is 2.97. The molecule has 1 aliphatic carbocycles. The number of aliphatic hydroxyl groups excluding tert-OH is 1. The number of rotatable bonds is 2.